The maximum Gasteiger partial charge on any atom is 0.311 e. The first-order chi connectivity index (χ1) is 12.3. The third kappa shape index (κ3) is 2.33. The summed E-state index contributed by atoms with van der Waals surface area (Å²) in [4.78, 5) is 31.3. The molecule has 1 aliphatic heterocycles. The van der Waals surface area contributed by atoms with E-state index in [0.717, 1.165) is 12.8 Å². The van der Waals surface area contributed by atoms with Crippen LogP contribution in [0.3, 0.4) is 0 Å². The van der Waals surface area contributed by atoms with Gasteiger partial charge < -0.3 is 14.5 Å². The molecule has 0 aromatic carbocycles. The van der Waals surface area contributed by atoms with Crippen LogP contribution >= 0.6 is 0 Å². The summed E-state index contributed by atoms with van der Waals surface area (Å²) < 4.78 is 5.35. The lowest BCUT2D eigenvalue weighted by molar-refractivity contribution is -0.149. The molecule has 2 aromatic heterocycles. The van der Waals surface area contributed by atoms with Crippen LogP contribution in [0, 0.1) is 18.3 Å². The highest BCUT2D eigenvalue weighted by Crippen LogP contribution is 2.49. The number of pyridine rings is 1. The maximum atomic E-state index is 13.3. The topological polar surface area (TPSA) is 96.5 Å². The number of carboxylic acid groups (broad SMARTS) is 1. The van der Waals surface area contributed by atoms with Crippen molar-refractivity contribution in [2.45, 2.75) is 46.0 Å². The molecule has 0 radical (unpaired) electrons. The van der Waals surface area contributed by atoms with E-state index in [4.69, 9.17) is 4.52 Å². The van der Waals surface area contributed by atoms with Crippen molar-refractivity contribution in [2.24, 2.45) is 11.3 Å². The third-order valence-corrected chi connectivity index (χ3v) is 5.96. The van der Waals surface area contributed by atoms with Crippen LogP contribution < -0.4 is 0 Å². The lowest BCUT2D eigenvalue weighted by atomic mass is 9.81. The molecule has 1 N–H and O–H groups in total. The Hall–Kier alpha value is -2.44. The Balaban J connectivity index is 1.76. The van der Waals surface area contributed by atoms with E-state index in [-0.39, 0.29) is 24.3 Å². The molecule has 0 bridgehead atoms. The Morgan fingerprint density at radius 1 is 1.42 bits per heavy atom. The summed E-state index contributed by atoms with van der Waals surface area (Å²) in [6, 6.07) is 1.76. The highest BCUT2D eigenvalue weighted by atomic mass is 16.5. The molecule has 1 amide bonds. The molecule has 0 unspecified atom stereocenters. The molecule has 1 saturated heterocycles. The average Bonchev–Trinajstić information content (AvgIpc) is 3.24. The Morgan fingerprint density at radius 3 is 2.85 bits per heavy atom. The quantitative estimate of drug-likeness (QED) is 0.907. The van der Waals surface area contributed by atoms with E-state index in [1.165, 1.54) is 0 Å². The van der Waals surface area contributed by atoms with Gasteiger partial charge in [0, 0.05) is 18.8 Å². The van der Waals surface area contributed by atoms with Crippen LogP contribution in [-0.4, -0.2) is 45.1 Å². The summed E-state index contributed by atoms with van der Waals surface area (Å²) in [5.74, 6) is -0.801. The lowest BCUT2D eigenvalue weighted by Gasteiger charge is -2.23. The SMILES string of the molecule is Cc1cc(C(=O)N2C[C@@H]3CCC[C@@]3(C(=O)O)C2)c2c(C(C)C)noc2n1. The molecule has 2 aromatic rings. The van der Waals surface area contributed by atoms with Crippen LogP contribution in [-0.2, 0) is 4.79 Å². The van der Waals surface area contributed by atoms with Crippen LogP contribution in [0.15, 0.2) is 10.6 Å². The summed E-state index contributed by atoms with van der Waals surface area (Å²) >= 11 is 0. The van der Waals surface area contributed by atoms with E-state index in [1.54, 1.807) is 11.0 Å². The zero-order valence-electron chi connectivity index (χ0n) is 15.3. The van der Waals surface area contributed by atoms with Crippen molar-refractivity contribution >= 4 is 23.0 Å². The van der Waals surface area contributed by atoms with Crippen LogP contribution in [0.25, 0.3) is 11.1 Å². The number of carbonyl (C=O) groups is 2. The second-order valence-electron chi connectivity index (χ2n) is 7.95. The number of fused-ring (bicyclic) bond motifs is 2. The molecular formula is C19H23N3O4. The van der Waals surface area contributed by atoms with Crippen LogP contribution in [0.4, 0.5) is 0 Å². The smallest absolute Gasteiger partial charge is 0.311 e. The van der Waals surface area contributed by atoms with Gasteiger partial charge in [0.25, 0.3) is 11.6 Å². The van der Waals surface area contributed by atoms with Gasteiger partial charge in [0.15, 0.2) is 0 Å². The molecule has 7 heteroatoms. The van der Waals surface area contributed by atoms with Crippen LogP contribution in [0.5, 0.6) is 0 Å². The molecule has 26 heavy (non-hydrogen) atoms. The van der Waals surface area contributed by atoms with Crippen LogP contribution in [0.1, 0.15) is 60.8 Å². The highest BCUT2D eigenvalue weighted by molar-refractivity contribution is 6.06. The van der Waals surface area contributed by atoms with Crippen molar-refractivity contribution in [3.05, 3.63) is 23.0 Å². The summed E-state index contributed by atoms with van der Waals surface area (Å²) in [6.45, 7) is 6.56. The predicted octanol–water partition coefficient (Wildman–Crippen LogP) is 2.98. The minimum Gasteiger partial charge on any atom is -0.481 e. The average molecular weight is 357 g/mol. The fourth-order valence-electron chi connectivity index (χ4n) is 4.62. The van der Waals surface area contributed by atoms with E-state index in [0.29, 0.717) is 41.0 Å². The van der Waals surface area contributed by atoms with Crippen LogP contribution in [0.2, 0.25) is 0 Å². The number of hydrogen-bond donors (Lipinski definition) is 1. The number of aliphatic carboxylic acids is 1. The van der Waals surface area contributed by atoms with Gasteiger partial charge in [0.2, 0.25) is 0 Å². The number of rotatable bonds is 3. The Labute approximate surface area is 151 Å². The molecule has 138 valence electrons. The first-order valence-corrected chi connectivity index (χ1v) is 9.13. The Morgan fingerprint density at radius 2 is 2.19 bits per heavy atom. The monoisotopic (exact) mass is 357 g/mol. The number of hydrogen-bond acceptors (Lipinski definition) is 5. The Kier molecular flexibility index (Phi) is 3.78. The zero-order valence-corrected chi connectivity index (χ0v) is 15.3. The molecule has 1 aliphatic carbocycles. The highest BCUT2D eigenvalue weighted by Gasteiger charge is 2.56. The zero-order chi connectivity index (χ0) is 18.6. The largest absolute Gasteiger partial charge is 0.481 e. The molecule has 0 spiro atoms. The van der Waals surface area contributed by atoms with Gasteiger partial charge in [-0.05, 0) is 37.7 Å². The molecule has 4 rings (SSSR count). The van der Waals surface area contributed by atoms with Gasteiger partial charge in [-0.1, -0.05) is 25.4 Å². The van der Waals surface area contributed by atoms with Gasteiger partial charge in [-0.15, -0.1) is 0 Å². The second-order valence-corrected chi connectivity index (χ2v) is 7.95. The minimum atomic E-state index is -0.785. The van der Waals surface area contributed by atoms with Crippen molar-refractivity contribution in [3.63, 3.8) is 0 Å². The summed E-state index contributed by atoms with van der Waals surface area (Å²) in [7, 11) is 0. The van der Waals surface area contributed by atoms with E-state index in [2.05, 4.69) is 10.1 Å². The van der Waals surface area contributed by atoms with Gasteiger partial charge in [0.05, 0.1) is 22.1 Å². The van der Waals surface area contributed by atoms with E-state index >= 15 is 0 Å². The van der Waals surface area contributed by atoms with Gasteiger partial charge >= 0.3 is 5.97 Å². The molecule has 1 saturated carbocycles. The molecule has 3 heterocycles. The van der Waals surface area contributed by atoms with E-state index < -0.39 is 11.4 Å². The lowest BCUT2D eigenvalue weighted by Crippen LogP contribution is -2.37. The number of carboxylic acids is 1. The molecule has 2 atom stereocenters. The van der Waals surface area contributed by atoms with Crippen molar-refractivity contribution in [1.29, 1.82) is 0 Å². The van der Waals surface area contributed by atoms with Crippen molar-refractivity contribution in [3.8, 4) is 0 Å². The number of carbonyl (C=O) groups excluding carboxylic acids is 1. The number of amides is 1. The van der Waals surface area contributed by atoms with Crippen molar-refractivity contribution < 1.29 is 19.2 Å². The molecule has 2 fully saturated rings. The fraction of sp³-hybridized carbons (Fsp3) is 0.579. The van der Waals surface area contributed by atoms with Gasteiger partial charge in [-0.25, -0.2) is 4.98 Å². The standard InChI is InChI=1S/C19H23N3O4/c1-10(2)15-14-13(7-11(3)20-16(14)26-21-15)17(23)22-8-12-5-4-6-19(12,9-22)18(24)25/h7,10,12H,4-6,8-9H2,1-3H3,(H,24,25)/t12-,19+/m0/s1. The van der Waals surface area contributed by atoms with Gasteiger partial charge in [-0.3, -0.25) is 9.59 Å². The molecule has 7 nitrogen and oxygen atoms in total. The van der Waals surface area contributed by atoms with Crippen molar-refractivity contribution in [1.82, 2.24) is 15.0 Å². The normalized spacial score (nSPS) is 25.2. The third-order valence-electron chi connectivity index (χ3n) is 5.96. The summed E-state index contributed by atoms with van der Waals surface area (Å²) in [5, 5.41) is 14.5. The van der Waals surface area contributed by atoms with Gasteiger partial charge in [-0.2, -0.15) is 0 Å². The molecular weight excluding hydrogens is 334 g/mol. The first kappa shape index (κ1) is 17.0. The molecule has 2 aliphatic rings. The number of likely N-dealkylation sites (tertiary alicyclic amines) is 1. The number of nitrogens with zero attached hydrogens (tertiary/aromatic N) is 3. The fourth-order valence-corrected chi connectivity index (χ4v) is 4.62. The maximum absolute atomic E-state index is 13.3. The van der Waals surface area contributed by atoms with Crippen molar-refractivity contribution in [2.75, 3.05) is 13.1 Å². The summed E-state index contributed by atoms with van der Waals surface area (Å²) in [5.41, 5.74) is 1.48. The minimum absolute atomic E-state index is 0.0365. The Bertz CT molecular complexity index is 904. The first-order valence-electron chi connectivity index (χ1n) is 9.13. The second kappa shape index (κ2) is 5.79. The number of aryl methyl sites for hydroxylation is 1. The van der Waals surface area contributed by atoms with Gasteiger partial charge in [0.1, 0.15) is 0 Å². The summed E-state index contributed by atoms with van der Waals surface area (Å²) in [6.07, 6.45) is 2.43. The number of aromatic nitrogens is 2. The van der Waals surface area contributed by atoms with E-state index in [9.17, 15) is 14.7 Å². The predicted molar refractivity (Wildman–Crippen MR) is 93.9 cm³/mol. The van der Waals surface area contributed by atoms with E-state index in [1.807, 2.05) is 20.8 Å².